The maximum Gasteiger partial charge on any atom is 2.00 e. The molecule has 0 atom stereocenters. The predicted molar refractivity (Wildman–Crippen MR) is 200 cm³/mol. The van der Waals surface area contributed by atoms with Crippen molar-refractivity contribution in [3.63, 3.8) is 0 Å². The summed E-state index contributed by atoms with van der Waals surface area (Å²) in [6.45, 7) is 0. The molecule has 5 heteroatoms. The number of hydrogen-bond donors (Lipinski definition) is 0. The molecule has 0 radical (unpaired) electrons. The van der Waals surface area contributed by atoms with Crippen LogP contribution >= 0.6 is 0 Å². The number of aromatic nitrogens is 2. The predicted octanol–water partition coefficient (Wildman–Crippen LogP) is 11.0. The molecule has 9 aromatic rings. The van der Waals surface area contributed by atoms with Crippen molar-refractivity contribution in [1.29, 1.82) is 0 Å². The van der Waals surface area contributed by atoms with Crippen molar-refractivity contribution in [2.75, 3.05) is 0 Å². The number of para-hydroxylation sites is 6. The zero-order valence-corrected chi connectivity index (χ0v) is 27.8. The fourth-order valence-corrected chi connectivity index (χ4v) is 6.73. The second-order valence-electron chi connectivity index (χ2n) is 11.7. The van der Waals surface area contributed by atoms with Crippen molar-refractivity contribution in [2.45, 2.75) is 0 Å². The first kappa shape index (κ1) is 30.5. The summed E-state index contributed by atoms with van der Waals surface area (Å²) >= 11 is 0. The van der Waals surface area contributed by atoms with Crippen LogP contribution in [0.1, 0.15) is 11.1 Å². The van der Waals surface area contributed by atoms with E-state index in [1.165, 1.54) is 43.6 Å². The van der Waals surface area contributed by atoms with E-state index in [0.29, 0.717) is 0 Å². The number of fused-ring (bicyclic) bond motifs is 6. The van der Waals surface area contributed by atoms with E-state index in [1.54, 1.807) is 0 Å². The molecule has 0 saturated heterocycles. The largest absolute Gasteiger partial charge is 2.00 e. The second kappa shape index (κ2) is 13.0. The first-order valence-electron chi connectivity index (χ1n) is 16.0. The standard InChI is InChI=1S/C44H28N4.Pd/c1-7-23-41-35(17-1)36-18-2-8-24-42(36)47(41)33-15-11-13-31(27-33)29-45-39-21-5-6-22-40(39)46-30-32-14-12-16-34(28-32)48-43-25-9-3-19-37(43)38-20-4-10-26-44(38)48;/h1-12,15-30H;/q-2;+2. The molecule has 0 aliphatic heterocycles. The molecule has 49 heavy (non-hydrogen) atoms. The van der Waals surface area contributed by atoms with Crippen LogP contribution in [0.4, 0.5) is 11.4 Å². The quantitative estimate of drug-likeness (QED) is 0.0932. The van der Waals surface area contributed by atoms with Crippen molar-refractivity contribution in [3.05, 3.63) is 181 Å². The van der Waals surface area contributed by atoms with E-state index in [0.717, 1.165) is 33.9 Å². The average molecular weight is 719 g/mol. The summed E-state index contributed by atoms with van der Waals surface area (Å²) < 4.78 is 4.61. The van der Waals surface area contributed by atoms with Crippen LogP contribution in [0.15, 0.2) is 168 Å². The number of aliphatic imine (C=N–C) groups is 2. The topological polar surface area (TPSA) is 34.6 Å². The fourth-order valence-electron chi connectivity index (χ4n) is 6.73. The molecule has 0 spiro atoms. The molecular weight excluding hydrogens is 691 g/mol. The Labute approximate surface area is 298 Å². The Morgan fingerprint density at radius 2 is 0.735 bits per heavy atom. The van der Waals surface area contributed by atoms with Crippen LogP contribution in [-0.4, -0.2) is 21.6 Å². The van der Waals surface area contributed by atoms with Gasteiger partial charge in [-0.15, -0.1) is 59.7 Å². The summed E-state index contributed by atoms with van der Waals surface area (Å²) in [5, 5.41) is 4.95. The third-order valence-corrected chi connectivity index (χ3v) is 8.86. The van der Waals surface area contributed by atoms with Gasteiger partial charge in [-0.05, 0) is 60.2 Å². The van der Waals surface area contributed by atoms with Crippen LogP contribution in [0, 0.1) is 12.1 Å². The number of hydrogen-bond acceptors (Lipinski definition) is 2. The van der Waals surface area contributed by atoms with Gasteiger partial charge in [0.2, 0.25) is 0 Å². The molecular formula is C44H28N4Pd. The Bertz CT molecular complexity index is 2400. The van der Waals surface area contributed by atoms with Gasteiger partial charge in [-0.2, -0.15) is 0 Å². The fraction of sp³-hybridized carbons (Fsp3) is 0. The molecule has 2 heterocycles. The van der Waals surface area contributed by atoms with Crippen LogP contribution in [0.2, 0.25) is 0 Å². The summed E-state index contributed by atoms with van der Waals surface area (Å²) in [4.78, 5) is 9.74. The molecule has 0 fully saturated rings. The Balaban J connectivity index is 0.00000348. The molecule has 0 amide bonds. The van der Waals surface area contributed by atoms with E-state index in [4.69, 9.17) is 9.98 Å². The SMILES string of the molecule is [Pd+2].[c-]1ccc(-n2c3ccccc3c3ccccc32)cc1C=Nc1ccccc1N=Cc1[c-]ccc(-n2c3ccccc3c3ccccc32)c1. The Hall–Kier alpha value is -5.86. The first-order valence-corrected chi connectivity index (χ1v) is 16.0. The van der Waals surface area contributed by atoms with Crippen LogP contribution in [-0.2, 0) is 20.4 Å². The normalized spacial score (nSPS) is 11.8. The van der Waals surface area contributed by atoms with Crippen LogP contribution < -0.4 is 0 Å². The monoisotopic (exact) mass is 718 g/mol. The second-order valence-corrected chi connectivity index (χ2v) is 11.7. The van der Waals surface area contributed by atoms with Crippen molar-refractivity contribution in [3.8, 4) is 11.4 Å². The van der Waals surface area contributed by atoms with Gasteiger partial charge in [-0.1, -0.05) is 84.9 Å². The van der Waals surface area contributed by atoms with Crippen molar-refractivity contribution < 1.29 is 20.4 Å². The molecule has 0 aliphatic carbocycles. The molecule has 2 aromatic heterocycles. The maximum absolute atomic E-state index is 4.87. The average Bonchev–Trinajstić information content (AvgIpc) is 3.67. The summed E-state index contributed by atoms with van der Waals surface area (Å²) in [6, 6.07) is 61.2. The Morgan fingerprint density at radius 3 is 1.10 bits per heavy atom. The van der Waals surface area contributed by atoms with Gasteiger partial charge in [0.15, 0.2) is 0 Å². The number of benzene rings is 7. The van der Waals surface area contributed by atoms with Gasteiger partial charge in [0.25, 0.3) is 0 Å². The minimum absolute atomic E-state index is 0. The Kier molecular flexibility index (Phi) is 8.07. The van der Waals surface area contributed by atoms with Crippen molar-refractivity contribution >= 4 is 67.4 Å². The number of nitrogens with zero attached hydrogens (tertiary/aromatic N) is 4. The van der Waals surface area contributed by atoms with E-state index in [2.05, 4.69) is 143 Å². The van der Waals surface area contributed by atoms with Gasteiger partial charge in [-0.3, -0.25) is 0 Å². The number of rotatable bonds is 6. The van der Waals surface area contributed by atoms with Crippen molar-refractivity contribution in [2.24, 2.45) is 9.98 Å². The van der Waals surface area contributed by atoms with Gasteiger partial charge in [0, 0.05) is 21.5 Å². The van der Waals surface area contributed by atoms with Crippen LogP contribution in [0.5, 0.6) is 0 Å². The van der Waals surface area contributed by atoms with Crippen LogP contribution in [0.25, 0.3) is 55.0 Å². The molecule has 0 unspecified atom stereocenters. The Morgan fingerprint density at radius 1 is 0.408 bits per heavy atom. The van der Waals surface area contributed by atoms with Gasteiger partial charge in [0.05, 0.1) is 33.4 Å². The van der Waals surface area contributed by atoms with E-state index in [9.17, 15) is 0 Å². The van der Waals surface area contributed by atoms with E-state index >= 15 is 0 Å². The minimum Gasteiger partial charge on any atom is -0.327 e. The summed E-state index contributed by atoms with van der Waals surface area (Å²) in [5.74, 6) is 0. The first-order chi connectivity index (χ1) is 23.8. The molecule has 9 rings (SSSR count). The third kappa shape index (κ3) is 5.50. The zero-order valence-electron chi connectivity index (χ0n) is 26.3. The molecule has 4 nitrogen and oxygen atoms in total. The molecule has 7 aromatic carbocycles. The molecule has 234 valence electrons. The van der Waals surface area contributed by atoms with Gasteiger partial charge in [-0.25, -0.2) is 0 Å². The van der Waals surface area contributed by atoms with E-state index in [1.807, 2.05) is 48.8 Å². The van der Waals surface area contributed by atoms with E-state index < -0.39 is 0 Å². The molecule has 0 aliphatic rings. The van der Waals surface area contributed by atoms with Gasteiger partial charge >= 0.3 is 20.4 Å². The molecule has 0 N–H and O–H groups in total. The van der Waals surface area contributed by atoms with E-state index in [-0.39, 0.29) is 20.4 Å². The smallest absolute Gasteiger partial charge is 0.327 e. The molecule has 0 bridgehead atoms. The van der Waals surface area contributed by atoms with Gasteiger partial charge < -0.3 is 19.1 Å². The maximum atomic E-state index is 4.87. The summed E-state index contributed by atoms with van der Waals surface area (Å²) in [5.41, 5.74) is 10.2. The minimum atomic E-state index is 0. The molecule has 0 saturated carbocycles. The summed E-state index contributed by atoms with van der Waals surface area (Å²) in [6.07, 6.45) is 3.72. The zero-order chi connectivity index (χ0) is 31.9. The summed E-state index contributed by atoms with van der Waals surface area (Å²) in [7, 11) is 0. The third-order valence-electron chi connectivity index (χ3n) is 8.86. The van der Waals surface area contributed by atoms with Crippen molar-refractivity contribution in [1.82, 2.24) is 9.13 Å². The van der Waals surface area contributed by atoms with Gasteiger partial charge in [0.1, 0.15) is 0 Å². The van der Waals surface area contributed by atoms with Crippen LogP contribution in [0.3, 0.4) is 0 Å².